The van der Waals surface area contributed by atoms with Crippen LogP contribution in [0.3, 0.4) is 0 Å². The van der Waals surface area contributed by atoms with E-state index in [4.69, 9.17) is 4.52 Å². The lowest BCUT2D eigenvalue weighted by Crippen LogP contribution is -2.35. The summed E-state index contributed by atoms with van der Waals surface area (Å²) in [5.74, 6) is 1.85. The number of benzene rings is 3. The van der Waals surface area contributed by atoms with Crippen molar-refractivity contribution in [2.24, 2.45) is 0 Å². The van der Waals surface area contributed by atoms with Crippen LogP contribution in [0.1, 0.15) is 61.6 Å². The molecule has 3 aromatic carbocycles. The molecule has 4 heteroatoms. The normalized spacial score (nSPS) is 20.1. The van der Waals surface area contributed by atoms with Gasteiger partial charge in [0.15, 0.2) is 0 Å². The van der Waals surface area contributed by atoms with E-state index in [1.807, 2.05) is 6.92 Å². The molecule has 5 rings (SSSR count). The number of fused-ring (bicyclic) bond motifs is 1. The van der Waals surface area contributed by atoms with E-state index < -0.39 is 0 Å². The third-order valence-corrected chi connectivity index (χ3v) is 6.62. The number of nitrogens with zero attached hydrogens (tertiary/aromatic N) is 2. The van der Waals surface area contributed by atoms with Crippen LogP contribution < -0.4 is 5.32 Å². The van der Waals surface area contributed by atoms with Crippen molar-refractivity contribution in [3.05, 3.63) is 83.7 Å². The first-order valence-electron chi connectivity index (χ1n) is 11.3. The molecule has 1 saturated carbocycles. The highest BCUT2D eigenvalue weighted by atomic mass is 16.5. The Balaban J connectivity index is 1.28. The fourth-order valence-electron chi connectivity index (χ4n) is 5.04. The molecule has 0 bridgehead atoms. The van der Waals surface area contributed by atoms with E-state index in [9.17, 15) is 0 Å². The van der Waals surface area contributed by atoms with Gasteiger partial charge in [0.2, 0.25) is 11.7 Å². The van der Waals surface area contributed by atoms with E-state index in [0.717, 1.165) is 5.56 Å². The van der Waals surface area contributed by atoms with E-state index >= 15 is 0 Å². The summed E-state index contributed by atoms with van der Waals surface area (Å²) in [7, 11) is 0. The minimum Gasteiger partial charge on any atom is -0.339 e. The molecule has 0 radical (unpaired) electrons. The quantitative estimate of drug-likeness (QED) is 0.403. The SMILES string of the molecule is Cc1nc(-c2ccc(C3CCCC(N[C@H](C)c4cccc5ccccc45)C3)cc2)no1. The molecule has 3 atom stereocenters. The average Bonchev–Trinajstić information content (AvgIpc) is 3.25. The molecular weight excluding hydrogens is 382 g/mol. The van der Waals surface area contributed by atoms with Gasteiger partial charge in [0.25, 0.3) is 0 Å². The monoisotopic (exact) mass is 411 g/mol. The van der Waals surface area contributed by atoms with Crippen molar-refractivity contribution in [3.63, 3.8) is 0 Å². The van der Waals surface area contributed by atoms with Gasteiger partial charge in [-0.2, -0.15) is 4.98 Å². The maximum Gasteiger partial charge on any atom is 0.223 e. The number of aromatic nitrogens is 2. The summed E-state index contributed by atoms with van der Waals surface area (Å²) < 4.78 is 5.11. The minimum absolute atomic E-state index is 0.332. The average molecular weight is 412 g/mol. The predicted octanol–water partition coefficient (Wildman–Crippen LogP) is 6.58. The van der Waals surface area contributed by atoms with Crippen molar-refractivity contribution in [3.8, 4) is 11.4 Å². The second kappa shape index (κ2) is 8.64. The number of hydrogen-bond acceptors (Lipinski definition) is 4. The Kier molecular flexibility index (Phi) is 5.56. The Morgan fingerprint density at radius 1 is 0.968 bits per heavy atom. The van der Waals surface area contributed by atoms with Gasteiger partial charge in [0.1, 0.15) is 0 Å². The molecule has 2 unspecified atom stereocenters. The molecule has 4 nitrogen and oxygen atoms in total. The first kappa shape index (κ1) is 20.0. The van der Waals surface area contributed by atoms with E-state index in [0.29, 0.717) is 29.7 Å². The molecule has 1 N–H and O–H groups in total. The van der Waals surface area contributed by atoms with Crippen molar-refractivity contribution in [2.75, 3.05) is 0 Å². The summed E-state index contributed by atoms with van der Waals surface area (Å²) in [6.45, 7) is 4.12. The van der Waals surface area contributed by atoms with Gasteiger partial charge >= 0.3 is 0 Å². The standard InChI is InChI=1S/C27H29N3O/c1-18(25-12-6-8-21-7-3-4-11-26(21)25)28-24-10-5-9-23(17-24)20-13-15-22(16-14-20)27-29-19(2)31-30-27/h3-4,6-8,11-16,18,23-24,28H,5,9-10,17H2,1-2H3/t18-,23?,24?/m1/s1. The Hall–Kier alpha value is -2.98. The lowest BCUT2D eigenvalue weighted by atomic mass is 9.80. The molecule has 0 aliphatic heterocycles. The van der Waals surface area contributed by atoms with Crippen LogP contribution in [-0.4, -0.2) is 16.2 Å². The van der Waals surface area contributed by atoms with Crippen LogP contribution in [0.2, 0.25) is 0 Å². The van der Waals surface area contributed by atoms with E-state index in [2.05, 4.69) is 89.1 Å². The number of hydrogen-bond donors (Lipinski definition) is 1. The van der Waals surface area contributed by atoms with Gasteiger partial charge in [0, 0.05) is 24.6 Å². The second-order valence-electron chi connectivity index (χ2n) is 8.78. The highest BCUT2D eigenvalue weighted by molar-refractivity contribution is 5.86. The molecule has 31 heavy (non-hydrogen) atoms. The fraction of sp³-hybridized carbons (Fsp3) is 0.333. The van der Waals surface area contributed by atoms with Crippen molar-refractivity contribution in [2.45, 2.75) is 57.5 Å². The maximum atomic E-state index is 5.11. The van der Waals surface area contributed by atoms with Gasteiger partial charge < -0.3 is 9.84 Å². The molecule has 1 aromatic heterocycles. The lowest BCUT2D eigenvalue weighted by molar-refractivity contribution is 0.319. The molecule has 4 aromatic rings. The van der Waals surface area contributed by atoms with Gasteiger partial charge in [-0.15, -0.1) is 0 Å². The highest BCUT2D eigenvalue weighted by Crippen LogP contribution is 2.35. The Bertz CT molecular complexity index is 1160. The fourth-order valence-corrected chi connectivity index (χ4v) is 5.04. The number of rotatable bonds is 5. The van der Waals surface area contributed by atoms with Gasteiger partial charge in [0.05, 0.1) is 0 Å². The van der Waals surface area contributed by atoms with E-state index in [-0.39, 0.29) is 0 Å². The van der Waals surface area contributed by atoms with Crippen LogP contribution in [0.4, 0.5) is 0 Å². The largest absolute Gasteiger partial charge is 0.339 e. The molecule has 0 spiro atoms. The molecule has 1 aliphatic carbocycles. The van der Waals surface area contributed by atoms with Crippen LogP contribution in [0.5, 0.6) is 0 Å². The summed E-state index contributed by atoms with van der Waals surface area (Å²) in [6, 6.07) is 24.9. The molecule has 1 fully saturated rings. The zero-order valence-corrected chi connectivity index (χ0v) is 18.2. The zero-order valence-electron chi connectivity index (χ0n) is 18.2. The number of aryl methyl sites for hydroxylation is 1. The van der Waals surface area contributed by atoms with Crippen LogP contribution in [-0.2, 0) is 0 Å². The van der Waals surface area contributed by atoms with Gasteiger partial charge in [-0.05, 0) is 54.0 Å². The second-order valence-corrected chi connectivity index (χ2v) is 8.78. The van der Waals surface area contributed by atoms with Crippen LogP contribution in [0.15, 0.2) is 71.3 Å². The number of nitrogens with one attached hydrogen (secondary N) is 1. The Morgan fingerprint density at radius 3 is 2.58 bits per heavy atom. The highest BCUT2D eigenvalue weighted by Gasteiger charge is 2.25. The van der Waals surface area contributed by atoms with E-state index in [1.165, 1.54) is 47.6 Å². The van der Waals surface area contributed by atoms with Crippen LogP contribution >= 0.6 is 0 Å². The van der Waals surface area contributed by atoms with Crippen molar-refractivity contribution in [1.29, 1.82) is 0 Å². The van der Waals surface area contributed by atoms with Crippen molar-refractivity contribution in [1.82, 2.24) is 15.5 Å². The summed E-state index contributed by atoms with van der Waals surface area (Å²) in [5, 5.41) is 10.6. The molecule has 0 amide bonds. The topological polar surface area (TPSA) is 51.0 Å². The van der Waals surface area contributed by atoms with Crippen LogP contribution in [0.25, 0.3) is 22.2 Å². The summed E-state index contributed by atoms with van der Waals surface area (Å²) >= 11 is 0. The minimum atomic E-state index is 0.332. The third kappa shape index (κ3) is 4.26. The first-order chi connectivity index (χ1) is 15.2. The zero-order chi connectivity index (χ0) is 21.2. The molecular formula is C27H29N3O. The smallest absolute Gasteiger partial charge is 0.223 e. The van der Waals surface area contributed by atoms with Gasteiger partial charge in [-0.25, -0.2) is 0 Å². The first-order valence-corrected chi connectivity index (χ1v) is 11.3. The van der Waals surface area contributed by atoms with Crippen molar-refractivity contribution < 1.29 is 4.52 Å². The Labute approximate surface area is 183 Å². The lowest BCUT2D eigenvalue weighted by Gasteiger charge is -2.32. The summed E-state index contributed by atoms with van der Waals surface area (Å²) in [5.41, 5.74) is 3.81. The third-order valence-electron chi connectivity index (χ3n) is 6.62. The van der Waals surface area contributed by atoms with Gasteiger partial charge in [-0.1, -0.05) is 78.3 Å². The maximum absolute atomic E-state index is 5.11. The molecule has 0 saturated heterocycles. The van der Waals surface area contributed by atoms with E-state index in [1.54, 1.807) is 0 Å². The summed E-state index contributed by atoms with van der Waals surface area (Å²) in [6.07, 6.45) is 4.93. The van der Waals surface area contributed by atoms with Crippen LogP contribution in [0, 0.1) is 6.92 Å². The molecule has 1 heterocycles. The van der Waals surface area contributed by atoms with Gasteiger partial charge in [-0.3, -0.25) is 0 Å². The predicted molar refractivity (Wildman–Crippen MR) is 125 cm³/mol. The summed E-state index contributed by atoms with van der Waals surface area (Å²) in [4.78, 5) is 4.33. The molecule has 158 valence electrons. The molecule has 1 aliphatic rings. The van der Waals surface area contributed by atoms with Crippen molar-refractivity contribution >= 4 is 10.8 Å². The Morgan fingerprint density at radius 2 is 1.77 bits per heavy atom.